The van der Waals surface area contributed by atoms with Crippen molar-refractivity contribution in [2.45, 2.75) is 129 Å². The van der Waals surface area contributed by atoms with E-state index in [1.165, 1.54) is 4.90 Å². The van der Waals surface area contributed by atoms with Gasteiger partial charge in [-0.25, -0.2) is 4.79 Å². The molecule has 4 aliphatic rings. The average molecular weight is 826 g/mol. The largest absolute Gasteiger partial charge is 0.444 e. The first-order chi connectivity index (χ1) is 28.5. The van der Waals surface area contributed by atoms with Gasteiger partial charge in [-0.05, 0) is 68.7 Å². The molecule has 0 radical (unpaired) electrons. The van der Waals surface area contributed by atoms with Crippen LogP contribution in [0.3, 0.4) is 0 Å². The Morgan fingerprint density at radius 1 is 0.967 bits per heavy atom. The van der Waals surface area contributed by atoms with Gasteiger partial charge < -0.3 is 34.2 Å². The molecule has 0 spiro atoms. The lowest BCUT2D eigenvalue weighted by atomic mass is 9.85. The molecule has 2 aromatic carbocycles. The molecule has 3 saturated heterocycles. The number of morpholine rings is 1. The number of carbonyl (C=O) groups is 6. The minimum absolute atomic E-state index is 0.167. The molecule has 0 aliphatic carbocycles. The number of carbonyl (C=O) groups excluding carboxylic acids is 6. The van der Waals surface area contributed by atoms with E-state index in [1.807, 2.05) is 57.2 Å². The number of piperidine rings is 1. The van der Waals surface area contributed by atoms with Crippen molar-refractivity contribution in [1.29, 1.82) is 0 Å². The van der Waals surface area contributed by atoms with Gasteiger partial charge in [-0.15, -0.1) is 0 Å². The Bertz CT molecular complexity index is 2000. The van der Waals surface area contributed by atoms with Crippen LogP contribution in [0.15, 0.2) is 48.5 Å². The molecule has 5 atom stereocenters. The second-order valence-electron chi connectivity index (χ2n) is 18.1. The summed E-state index contributed by atoms with van der Waals surface area (Å²) in [6, 6.07) is 12.8. The number of benzene rings is 2. The maximum atomic E-state index is 14.4. The van der Waals surface area contributed by atoms with Gasteiger partial charge in [-0.2, -0.15) is 0 Å². The van der Waals surface area contributed by atoms with E-state index in [4.69, 9.17) is 14.2 Å². The summed E-state index contributed by atoms with van der Waals surface area (Å²) in [5.74, 6) is 4.95. The van der Waals surface area contributed by atoms with Crippen molar-refractivity contribution in [3.8, 4) is 11.8 Å². The monoisotopic (exact) mass is 825 g/mol. The molecule has 322 valence electrons. The fourth-order valence-electron chi connectivity index (χ4n) is 8.17. The molecule has 3 fully saturated rings. The van der Waals surface area contributed by atoms with Crippen LogP contribution in [0.1, 0.15) is 120 Å². The van der Waals surface area contributed by atoms with E-state index < -0.39 is 41.1 Å². The van der Waals surface area contributed by atoms with Crippen molar-refractivity contribution >= 4 is 35.6 Å². The van der Waals surface area contributed by atoms with Gasteiger partial charge >= 0.3 is 6.09 Å². The SMILES string of the molecule is CC(C)(C)OC(=O)N[C@H](C(=O)N1C[C@@H](OCCCCCC#Cc2cccc3c2CN(C2CCC(=O)NC2=O)C3=O)C[C@H]1C(=O)N1CCO[C@H](c2ccccc2)C1)C(C)(C)C. The smallest absolute Gasteiger partial charge is 0.408 e. The number of fused-ring (bicyclic) bond motifs is 1. The van der Waals surface area contributed by atoms with Gasteiger partial charge in [0, 0.05) is 56.6 Å². The zero-order valence-corrected chi connectivity index (χ0v) is 35.7. The highest BCUT2D eigenvalue weighted by molar-refractivity contribution is 6.05. The number of imide groups is 1. The van der Waals surface area contributed by atoms with Crippen molar-refractivity contribution in [3.63, 3.8) is 0 Å². The molecule has 6 rings (SSSR count). The standard InChI is InChI=1S/C46H59N5O9/c1-45(2,3)39(48-44(57)60-46(4,5)6)43(56)50-27-32(26-36(50)42(55)49-23-25-59-37(29-49)31-17-12-10-13-18-31)58-24-14-9-7-8-11-16-30-19-15-20-33-34(30)28-51(41(33)54)35-21-22-38(52)47-40(35)53/h10,12-13,15,17-20,32,35-37,39H,7-9,14,21-29H2,1-6H3,(H,48,57)(H,47,52,53)/t32-,35?,36-,37-,39+/m0/s1. The summed E-state index contributed by atoms with van der Waals surface area (Å²) >= 11 is 0. The van der Waals surface area contributed by atoms with Gasteiger partial charge in [0.15, 0.2) is 0 Å². The van der Waals surface area contributed by atoms with Crippen LogP contribution in [0.4, 0.5) is 4.79 Å². The van der Waals surface area contributed by atoms with Crippen LogP contribution in [-0.4, -0.2) is 113 Å². The number of hydrogen-bond acceptors (Lipinski definition) is 9. The molecule has 1 unspecified atom stereocenters. The number of nitrogens with one attached hydrogen (secondary N) is 2. The van der Waals surface area contributed by atoms with E-state index in [2.05, 4.69) is 22.5 Å². The van der Waals surface area contributed by atoms with Crippen LogP contribution in [0, 0.1) is 17.3 Å². The Hall–Kier alpha value is -5.26. The summed E-state index contributed by atoms with van der Waals surface area (Å²) in [7, 11) is 0. The van der Waals surface area contributed by atoms with Crippen LogP contribution in [0.5, 0.6) is 0 Å². The summed E-state index contributed by atoms with van der Waals surface area (Å²) in [6.07, 6.45) is 2.55. The van der Waals surface area contributed by atoms with Gasteiger partial charge in [-0.1, -0.05) is 75.4 Å². The Labute approximate surface area is 353 Å². The zero-order chi connectivity index (χ0) is 43.2. The zero-order valence-electron chi connectivity index (χ0n) is 35.7. The summed E-state index contributed by atoms with van der Waals surface area (Å²) in [4.78, 5) is 83.9. The molecule has 0 bridgehead atoms. The van der Waals surface area contributed by atoms with Crippen molar-refractivity contribution in [2.75, 3.05) is 32.8 Å². The van der Waals surface area contributed by atoms with Crippen LogP contribution in [0.25, 0.3) is 0 Å². The Balaban J connectivity index is 1.05. The molecule has 0 saturated carbocycles. The van der Waals surface area contributed by atoms with E-state index in [1.54, 1.807) is 42.7 Å². The molecule has 60 heavy (non-hydrogen) atoms. The summed E-state index contributed by atoms with van der Waals surface area (Å²) in [5, 5.41) is 5.14. The third kappa shape index (κ3) is 10.9. The summed E-state index contributed by atoms with van der Waals surface area (Å²) in [5.41, 5.74) is 1.63. The Kier molecular flexibility index (Phi) is 14.0. The topological polar surface area (TPSA) is 164 Å². The molecular formula is C46H59N5O9. The third-order valence-corrected chi connectivity index (χ3v) is 11.3. The molecule has 14 nitrogen and oxygen atoms in total. The maximum absolute atomic E-state index is 14.4. The van der Waals surface area contributed by atoms with Crippen molar-refractivity contribution in [3.05, 3.63) is 70.8 Å². The van der Waals surface area contributed by atoms with E-state index in [0.29, 0.717) is 51.1 Å². The van der Waals surface area contributed by atoms with Gasteiger partial charge in [0.2, 0.25) is 23.6 Å². The van der Waals surface area contributed by atoms with Gasteiger partial charge in [0.05, 0.1) is 19.3 Å². The Morgan fingerprint density at radius 2 is 1.73 bits per heavy atom. The lowest BCUT2D eigenvalue weighted by molar-refractivity contribution is -0.150. The molecular weight excluding hydrogens is 767 g/mol. The number of ether oxygens (including phenoxy) is 3. The second kappa shape index (κ2) is 19.0. The molecule has 2 aromatic rings. The second-order valence-corrected chi connectivity index (χ2v) is 18.1. The summed E-state index contributed by atoms with van der Waals surface area (Å²) < 4.78 is 17.9. The minimum atomic E-state index is -0.953. The van der Waals surface area contributed by atoms with E-state index in [0.717, 1.165) is 36.0 Å². The molecule has 6 amide bonds. The minimum Gasteiger partial charge on any atom is -0.444 e. The van der Waals surface area contributed by atoms with Crippen LogP contribution in [0.2, 0.25) is 0 Å². The number of unbranched alkanes of at least 4 members (excludes halogenated alkanes) is 3. The maximum Gasteiger partial charge on any atom is 0.408 e. The van der Waals surface area contributed by atoms with Crippen molar-refractivity contribution in [1.82, 2.24) is 25.3 Å². The van der Waals surface area contributed by atoms with Gasteiger partial charge in [-0.3, -0.25) is 29.3 Å². The number of likely N-dealkylation sites (tertiary alicyclic amines) is 1. The van der Waals surface area contributed by atoms with E-state index in [9.17, 15) is 28.8 Å². The lowest BCUT2D eigenvalue weighted by Gasteiger charge is -2.38. The first-order valence-electron chi connectivity index (χ1n) is 21.1. The van der Waals surface area contributed by atoms with Gasteiger partial charge in [0.1, 0.15) is 29.8 Å². The van der Waals surface area contributed by atoms with Crippen molar-refractivity contribution in [2.24, 2.45) is 5.41 Å². The number of alkyl carbamates (subject to hydrolysis) is 1. The van der Waals surface area contributed by atoms with Crippen LogP contribution < -0.4 is 10.6 Å². The lowest BCUT2D eigenvalue weighted by Crippen LogP contribution is -2.59. The third-order valence-electron chi connectivity index (χ3n) is 11.3. The van der Waals surface area contributed by atoms with Crippen molar-refractivity contribution < 1.29 is 43.0 Å². The Morgan fingerprint density at radius 3 is 2.45 bits per heavy atom. The number of rotatable bonds is 11. The number of amides is 6. The average Bonchev–Trinajstić information content (AvgIpc) is 3.78. The summed E-state index contributed by atoms with van der Waals surface area (Å²) in [6.45, 7) is 13.0. The van der Waals surface area contributed by atoms with Crippen LogP contribution >= 0.6 is 0 Å². The van der Waals surface area contributed by atoms with E-state index >= 15 is 0 Å². The fourth-order valence-corrected chi connectivity index (χ4v) is 8.17. The van der Waals surface area contributed by atoms with E-state index in [-0.39, 0.29) is 55.3 Å². The molecule has 2 N–H and O–H groups in total. The first kappa shape index (κ1) is 44.3. The first-order valence-corrected chi connectivity index (χ1v) is 21.1. The molecule has 4 heterocycles. The quantitative estimate of drug-likeness (QED) is 0.183. The normalized spacial score (nSPS) is 22.4. The number of hydrogen-bond donors (Lipinski definition) is 2. The molecule has 0 aromatic heterocycles. The highest BCUT2D eigenvalue weighted by atomic mass is 16.6. The predicted octanol–water partition coefficient (Wildman–Crippen LogP) is 4.89. The highest BCUT2D eigenvalue weighted by Crippen LogP contribution is 2.32. The fraction of sp³-hybridized carbons (Fsp3) is 0.565. The van der Waals surface area contributed by atoms with Crippen LogP contribution in [-0.2, 0) is 39.9 Å². The molecule has 14 heteroatoms. The highest BCUT2D eigenvalue weighted by Gasteiger charge is 2.47. The molecule has 4 aliphatic heterocycles. The predicted molar refractivity (Wildman–Crippen MR) is 222 cm³/mol. The van der Waals surface area contributed by atoms with Gasteiger partial charge in [0.25, 0.3) is 5.91 Å². The number of nitrogens with zero attached hydrogens (tertiary/aromatic N) is 3.